The van der Waals surface area contributed by atoms with E-state index in [2.05, 4.69) is 48.9 Å². The fourth-order valence-corrected chi connectivity index (χ4v) is 2.88. The number of unbranched alkanes of at least 4 members (excludes halogenated alkanes) is 4. The molecule has 1 unspecified atom stereocenters. The van der Waals surface area contributed by atoms with Gasteiger partial charge in [-0.1, -0.05) is 51.7 Å². The molecule has 0 radical (unpaired) electrons. The average Bonchev–Trinajstić information content (AvgIpc) is 2.89. The lowest BCUT2D eigenvalue weighted by atomic mass is 10.0. The zero-order valence-electron chi connectivity index (χ0n) is 13.6. The Morgan fingerprint density at radius 1 is 1.05 bits per heavy atom. The van der Waals surface area contributed by atoms with Crippen LogP contribution >= 0.6 is 0 Å². The lowest BCUT2D eigenvalue weighted by Gasteiger charge is -2.10. The van der Waals surface area contributed by atoms with E-state index in [1.54, 1.807) is 0 Å². The van der Waals surface area contributed by atoms with Gasteiger partial charge in [0.1, 0.15) is 0 Å². The summed E-state index contributed by atoms with van der Waals surface area (Å²) in [7, 11) is 0. The Kier molecular flexibility index (Phi) is 6.31. The minimum absolute atomic E-state index is 0.278. The molecular weight excluding hydrogens is 256 g/mol. The van der Waals surface area contributed by atoms with Gasteiger partial charge in [0.2, 0.25) is 0 Å². The first-order valence-corrected chi connectivity index (χ1v) is 8.58. The summed E-state index contributed by atoms with van der Waals surface area (Å²) in [6, 6.07) is 9.30. The van der Waals surface area contributed by atoms with Gasteiger partial charge in [0, 0.05) is 24.3 Å². The van der Waals surface area contributed by atoms with E-state index >= 15 is 0 Å². The van der Waals surface area contributed by atoms with Crippen LogP contribution in [0.25, 0.3) is 10.9 Å². The van der Waals surface area contributed by atoms with Gasteiger partial charge in [-0.15, -0.1) is 0 Å². The van der Waals surface area contributed by atoms with Gasteiger partial charge >= 0.3 is 0 Å². The highest BCUT2D eigenvalue weighted by Gasteiger charge is 2.05. The van der Waals surface area contributed by atoms with Crippen LogP contribution in [0, 0.1) is 0 Å². The lowest BCUT2D eigenvalue weighted by Crippen LogP contribution is -2.21. The van der Waals surface area contributed by atoms with E-state index in [1.165, 1.54) is 48.6 Å². The SMILES string of the molecule is CCCCCCCn1ccc2ccc(CC(N)CC)cc21. The maximum atomic E-state index is 6.08. The summed E-state index contributed by atoms with van der Waals surface area (Å²) in [5.74, 6) is 0. The van der Waals surface area contributed by atoms with Crippen LogP contribution in [0.4, 0.5) is 0 Å². The monoisotopic (exact) mass is 286 g/mol. The van der Waals surface area contributed by atoms with Gasteiger partial charge in [0.05, 0.1) is 0 Å². The third kappa shape index (κ3) is 4.60. The number of aryl methyl sites for hydroxylation is 1. The fraction of sp³-hybridized carbons (Fsp3) is 0.579. The molecule has 0 bridgehead atoms. The van der Waals surface area contributed by atoms with E-state index in [9.17, 15) is 0 Å². The first-order valence-electron chi connectivity index (χ1n) is 8.58. The Hall–Kier alpha value is -1.28. The molecule has 0 fully saturated rings. The van der Waals surface area contributed by atoms with Crippen molar-refractivity contribution in [1.82, 2.24) is 4.57 Å². The molecule has 2 nitrogen and oxygen atoms in total. The van der Waals surface area contributed by atoms with Crippen LogP contribution < -0.4 is 5.73 Å². The third-order valence-electron chi connectivity index (χ3n) is 4.36. The first-order chi connectivity index (χ1) is 10.2. The molecule has 21 heavy (non-hydrogen) atoms. The van der Waals surface area contributed by atoms with Crippen molar-refractivity contribution >= 4 is 10.9 Å². The van der Waals surface area contributed by atoms with Crippen molar-refractivity contribution < 1.29 is 0 Å². The Morgan fingerprint density at radius 2 is 1.86 bits per heavy atom. The second kappa shape index (κ2) is 8.23. The number of hydrogen-bond donors (Lipinski definition) is 1. The lowest BCUT2D eigenvalue weighted by molar-refractivity contribution is 0.577. The summed E-state index contributed by atoms with van der Waals surface area (Å²) in [6.45, 7) is 5.56. The molecular formula is C19H30N2. The highest BCUT2D eigenvalue weighted by atomic mass is 14.9. The van der Waals surface area contributed by atoms with Crippen LogP contribution in [0.2, 0.25) is 0 Å². The van der Waals surface area contributed by atoms with E-state index in [4.69, 9.17) is 5.73 Å². The van der Waals surface area contributed by atoms with Gasteiger partial charge in [-0.3, -0.25) is 0 Å². The molecule has 2 rings (SSSR count). The molecule has 2 aromatic rings. The summed E-state index contributed by atoms with van der Waals surface area (Å²) in [5.41, 5.74) is 8.81. The number of hydrogen-bond acceptors (Lipinski definition) is 1. The molecule has 0 saturated carbocycles. The quantitative estimate of drug-likeness (QED) is 0.654. The Morgan fingerprint density at radius 3 is 2.62 bits per heavy atom. The second-order valence-electron chi connectivity index (χ2n) is 6.19. The maximum Gasteiger partial charge on any atom is 0.0483 e. The number of nitrogens with zero attached hydrogens (tertiary/aromatic N) is 1. The Balaban J connectivity index is 2.01. The highest BCUT2D eigenvalue weighted by Crippen LogP contribution is 2.20. The average molecular weight is 286 g/mol. The molecule has 2 N–H and O–H groups in total. The molecule has 1 aromatic carbocycles. The molecule has 0 aliphatic carbocycles. The van der Waals surface area contributed by atoms with E-state index in [-0.39, 0.29) is 6.04 Å². The second-order valence-corrected chi connectivity index (χ2v) is 6.19. The summed E-state index contributed by atoms with van der Waals surface area (Å²) < 4.78 is 2.41. The largest absolute Gasteiger partial charge is 0.347 e. The van der Waals surface area contributed by atoms with Gasteiger partial charge in [0.25, 0.3) is 0 Å². The molecule has 0 amide bonds. The number of rotatable bonds is 9. The van der Waals surface area contributed by atoms with Crippen LogP contribution in [0.3, 0.4) is 0 Å². The molecule has 1 atom stereocenters. The van der Waals surface area contributed by atoms with Crippen molar-refractivity contribution in [2.24, 2.45) is 5.73 Å². The zero-order valence-corrected chi connectivity index (χ0v) is 13.6. The van der Waals surface area contributed by atoms with Crippen LogP contribution in [-0.2, 0) is 13.0 Å². The van der Waals surface area contributed by atoms with Crippen LogP contribution in [-0.4, -0.2) is 10.6 Å². The molecule has 1 heterocycles. The predicted molar refractivity (Wildman–Crippen MR) is 92.7 cm³/mol. The smallest absolute Gasteiger partial charge is 0.0483 e. The molecule has 116 valence electrons. The molecule has 0 spiro atoms. The first kappa shape index (κ1) is 16.1. The summed E-state index contributed by atoms with van der Waals surface area (Å²) in [4.78, 5) is 0. The summed E-state index contributed by atoms with van der Waals surface area (Å²) in [6.07, 6.45) is 10.9. The number of benzene rings is 1. The van der Waals surface area contributed by atoms with E-state index in [0.717, 1.165) is 19.4 Å². The van der Waals surface area contributed by atoms with Crippen molar-refractivity contribution in [2.75, 3.05) is 0 Å². The number of aromatic nitrogens is 1. The normalized spacial score (nSPS) is 12.9. The molecule has 0 aliphatic rings. The van der Waals surface area contributed by atoms with E-state index in [1.807, 2.05) is 0 Å². The standard InChI is InChI=1S/C19H30N2/c1-3-5-6-7-8-12-21-13-11-17-10-9-16(15-19(17)21)14-18(20)4-2/h9-11,13,15,18H,3-8,12,14,20H2,1-2H3. The number of nitrogens with two attached hydrogens (primary N) is 1. The van der Waals surface area contributed by atoms with E-state index < -0.39 is 0 Å². The Bertz CT molecular complexity index is 541. The van der Waals surface area contributed by atoms with Crippen molar-refractivity contribution in [3.05, 3.63) is 36.0 Å². The molecule has 2 heteroatoms. The minimum atomic E-state index is 0.278. The predicted octanol–water partition coefficient (Wildman–Crippen LogP) is 4.89. The molecule has 0 saturated heterocycles. The van der Waals surface area contributed by atoms with Crippen LogP contribution in [0.1, 0.15) is 57.9 Å². The summed E-state index contributed by atoms with van der Waals surface area (Å²) >= 11 is 0. The van der Waals surface area contributed by atoms with E-state index in [0.29, 0.717) is 0 Å². The zero-order chi connectivity index (χ0) is 15.1. The van der Waals surface area contributed by atoms with Crippen molar-refractivity contribution in [3.8, 4) is 0 Å². The minimum Gasteiger partial charge on any atom is -0.347 e. The maximum absolute atomic E-state index is 6.08. The van der Waals surface area contributed by atoms with Crippen LogP contribution in [0.5, 0.6) is 0 Å². The van der Waals surface area contributed by atoms with Crippen molar-refractivity contribution in [1.29, 1.82) is 0 Å². The number of fused-ring (bicyclic) bond motifs is 1. The van der Waals surface area contributed by atoms with Crippen molar-refractivity contribution in [2.45, 2.75) is 71.4 Å². The summed E-state index contributed by atoms with van der Waals surface area (Å²) in [5, 5.41) is 1.34. The highest BCUT2D eigenvalue weighted by molar-refractivity contribution is 5.80. The van der Waals surface area contributed by atoms with Gasteiger partial charge in [-0.25, -0.2) is 0 Å². The van der Waals surface area contributed by atoms with Gasteiger partial charge in [-0.2, -0.15) is 0 Å². The van der Waals surface area contributed by atoms with Crippen LogP contribution in [0.15, 0.2) is 30.5 Å². The molecule has 1 aromatic heterocycles. The third-order valence-corrected chi connectivity index (χ3v) is 4.36. The van der Waals surface area contributed by atoms with Gasteiger partial charge in [-0.05, 0) is 42.3 Å². The Labute approximate surface area is 129 Å². The molecule has 0 aliphatic heterocycles. The van der Waals surface area contributed by atoms with Gasteiger partial charge in [0.15, 0.2) is 0 Å². The topological polar surface area (TPSA) is 30.9 Å². The fourth-order valence-electron chi connectivity index (χ4n) is 2.88. The van der Waals surface area contributed by atoms with Crippen molar-refractivity contribution in [3.63, 3.8) is 0 Å². The van der Waals surface area contributed by atoms with Gasteiger partial charge < -0.3 is 10.3 Å².